The molecule has 1 saturated heterocycles. The Morgan fingerprint density at radius 1 is 1.27 bits per heavy atom. The van der Waals surface area contributed by atoms with Gasteiger partial charge in [0.05, 0.1) is 18.6 Å². The number of fused-ring (bicyclic) bond motifs is 1. The number of ketones is 1. The number of H-pyrrole nitrogens is 1. The molecule has 1 aliphatic rings. The number of hydrogen-bond donors (Lipinski definition) is 1. The van der Waals surface area contributed by atoms with Crippen LogP contribution in [-0.2, 0) is 9.53 Å². The fraction of sp³-hybridized carbons (Fsp3) is 0.524. The highest BCUT2D eigenvalue weighted by molar-refractivity contribution is 6.11. The zero-order chi connectivity index (χ0) is 18.8. The largest absolute Gasteiger partial charge is 0.466 e. The van der Waals surface area contributed by atoms with E-state index < -0.39 is 0 Å². The zero-order valence-electron chi connectivity index (χ0n) is 16.1. The van der Waals surface area contributed by atoms with E-state index in [1.807, 2.05) is 39.8 Å². The summed E-state index contributed by atoms with van der Waals surface area (Å²) in [4.78, 5) is 30.6. The van der Waals surface area contributed by atoms with Gasteiger partial charge >= 0.3 is 5.97 Å². The molecule has 5 nitrogen and oxygen atoms in total. The van der Waals surface area contributed by atoms with Gasteiger partial charge in [0.25, 0.3) is 0 Å². The molecule has 0 unspecified atom stereocenters. The molecule has 0 bridgehead atoms. The molecule has 140 valence electrons. The van der Waals surface area contributed by atoms with Crippen LogP contribution >= 0.6 is 0 Å². The molecule has 3 rings (SSSR count). The van der Waals surface area contributed by atoms with Crippen LogP contribution in [0.4, 0.5) is 0 Å². The average molecular weight is 356 g/mol. The molecule has 0 saturated carbocycles. The first kappa shape index (κ1) is 18.6. The molecular formula is C21H28N2O3. The topological polar surface area (TPSA) is 62.4 Å². The van der Waals surface area contributed by atoms with Gasteiger partial charge in [0.15, 0.2) is 5.78 Å². The summed E-state index contributed by atoms with van der Waals surface area (Å²) in [6.07, 6.45) is 1.50. The number of likely N-dealkylation sites (tertiary alicyclic amines) is 1. The molecule has 2 heterocycles. The first-order valence-corrected chi connectivity index (χ1v) is 9.46. The summed E-state index contributed by atoms with van der Waals surface area (Å²) in [6, 6.07) is 5.95. The van der Waals surface area contributed by atoms with Gasteiger partial charge in [-0.05, 0) is 65.3 Å². The van der Waals surface area contributed by atoms with E-state index in [0.29, 0.717) is 6.61 Å². The molecule has 5 heteroatoms. The normalized spacial score (nSPS) is 17.4. The van der Waals surface area contributed by atoms with E-state index in [-0.39, 0.29) is 23.7 Å². The van der Waals surface area contributed by atoms with Crippen LogP contribution < -0.4 is 0 Å². The lowest BCUT2D eigenvalue weighted by Gasteiger charge is -2.34. The van der Waals surface area contributed by atoms with Crippen molar-refractivity contribution < 1.29 is 14.3 Å². The first-order chi connectivity index (χ1) is 12.4. The fourth-order valence-corrected chi connectivity index (χ4v) is 3.92. The molecule has 1 aromatic heterocycles. The summed E-state index contributed by atoms with van der Waals surface area (Å²) in [6.45, 7) is 9.73. The van der Waals surface area contributed by atoms with E-state index in [1.165, 1.54) is 5.56 Å². The summed E-state index contributed by atoms with van der Waals surface area (Å²) in [7, 11) is 0. The van der Waals surface area contributed by atoms with Gasteiger partial charge in [0.1, 0.15) is 0 Å². The van der Waals surface area contributed by atoms with Gasteiger partial charge in [0, 0.05) is 22.2 Å². The summed E-state index contributed by atoms with van der Waals surface area (Å²) < 4.78 is 5.13. The molecule has 1 aliphatic heterocycles. The van der Waals surface area contributed by atoms with Crippen molar-refractivity contribution in [3.8, 4) is 0 Å². The summed E-state index contributed by atoms with van der Waals surface area (Å²) >= 11 is 0. The third kappa shape index (κ3) is 3.54. The Bertz CT molecular complexity index is 816. The molecule has 0 radical (unpaired) electrons. The smallest absolute Gasteiger partial charge is 0.309 e. The SMILES string of the molecule is CCOC(=O)C1CCN([C@H](C)C(=O)c2c(C)[nH]c3cc(C)ccc23)CC1. The molecule has 0 amide bonds. The molecule has 1 N–H and O–H groups in total. The monoisotopic (exact) mass is 356 g/mol. The number of rotatable bonds is 5. The second-order valence-corrected chi connectivity index (χ2v) is 7.28. The van der Waals surface area contributed by atoms with Gasteiger partial charge in [-0.1, -0.05) is 12.1 Å². The van der Waals surface area contributed by atoms with Crippen LogP contribution in [0.1, 0.15) is 48.3 Å². The van der Waals surface area contributed by atoms with Crippen LogP contribution in [0.5, 0.6) is 0 Å². The standard InChI is InChI=1S/C21H28N2O3/c1-5-26-21(25)16-8-10-23(11-9-16)15(4)20(24)19-14(3)22-18-12-13(2)6-7-17(18)19/h6-7,12,15-16,22H,5,8-11H2,1-4H3/t15-/m1/s1. The predicted molar refractivity (Wildman–Crippen MR) is 102 cm³/mol. The molecule has 26 heavy (non-hydrogen) atoms. The van der Waals surface area contributed by atoms with Crippen molar-refractivity contribution in [2.24, 2.45) is 5.92 Å². The van der Waals surface area contributed by atoms with Crippen molar-refractivity contribution in [1.29, 1.82) is 0 Å². The quantitative estimate of drug-likeness (QED) is 0.656. The van der Waals surface area contributed by atoms with E-state index in [1.54, 1.807) is 0 Å². The van der Waals surface area contributed by atoms with Crippen molar-refractivity contribution >= 4 is 22.7 Å². The number of benzene rings is 1. The lowest BCUT2D eigenvalue weighted by atomic mass is 9.94. The Morgan fingerprint density at radius 2 is 1.96 bits per heavy atom. The maximum absolute atomic E-state index is 13.2. The van der Waals surface area contributed by atoms with Crippen molar-refractivity contribution in [2.45, 2.75) is 46.6 Å². The van der Waals surface area contributed by atoms with E-state index in [9.17, 15) is 9.59 Å². The molecule has 1 atom stereocenters. The van der Waals surface area contributed by atoms with E-state index in [2.05, 4.69) is 16.0 Å². The minimum atomic E-state index is -0.197. The van der Waals surface area contributed by atoms with Crippen molar-refractivity contribution in [1.82, 2.24) is 9.88 Å². The van der Waals surface area contributed by atoms with Crippen molar-refractivity contribution in [3.05, 3.63) is 35.0 Å². The second-order valence-electron chi connectivity index (χ2n) is 7.28. The third-order valence-corrected chi connectivity index (χ3v) is 5.46. The van der Waals surface area contributed by atoms with Crippen molar-refractivity contribution in [2.75, 3.05) is 19.7 Å². The van der Waals surface area contributed by atoms with Crippen LogP contribution in [-0.4, -0.2) is 47.4 Å². The summed E-state index contributed by atoms with van der Waals surface area (Å²) in [5.41, 5.74) is 3.90. The van der Waals surface area contributed by atoms with Crippen LogP contribution in [0.25, 0.3) is 10.9 Å². The number of Topliss-reactive ketones (excluding diaryl/α,β-unsaturated/α-hetero) is 1. The lowest BCUT2D eigenvalue weighted by Crippen LogP contribution is -2.45. The van der Waals surface area contributed by atoms with Gasteiger partial charge in [-0.15, -0.1) is 0 Å². The Labute approximate surface area is 154 Å². The maximum Gasteiger partial charge on any atom is 0.309 e. The number of aromatic amines is 1. The van der Waals surface area contributed by atoms with Gasteiger partial charge in [-0.3, -0.25) is 14.5 Å². The lowest BCUT2D eigenvalue weighted by molar-refractivity contribution is -0.149. The van der Waals surface area contributed by atoms with Crippen LogP contribution in [0.15, 0.2) is 18.2 Å². The third-order valence-electron chi connectivity index (χ3n) is 5.46. The van der Waals surface area contributed by atoms with Gasteiger partial charge in [-0.25, -0.2) is 0 Å². The highest BCUT2D eigenvalue weighted by Crippen LogP contribution is 2.27. The fourth-order valence-electron chi connectivity index (χ4n) is 3.92. The predicted octanol–water partition coefficient (Wildman–Crippen LogP) is 3.63. The highest BCUT2D eigenvalue weighted by Gasteiger charge is 2.32. The Balaban J connectivity index is 1.73. The number of nitrogens with one attached hydrogen (secondary N) is 1. The van der Waals surface area contributed by atoms with Crippen LogP contribution in [0.3, 0.4) is 0 Å². The first-order valence-electron chi connectivity index (χ1n) is 9.46. The number of esters is 1. The van der Waals surface area contributed by atoms with Crippen LogP contribution in [0, 0.1) is 19.8 Å². The molecular weight excluding hydrogens is 328 g/mol. The highest BCUT2D eigenvalue weighted by atomic mass is 16.5. The Morgan fingerprint density at radius 3 is 2.62 bits per heavy atom. The number of hydrogen-bond acceptors (Lipinski definition) is 4. The van der Waals surface area contributed by atoms with Crippen LogP contribution in [0.2, 0.25) is 0 Å². The maximum atomic E-state index is 13.2. The Kier molecular flexibility index (Phi) is 5.47. The average Bonchev–Trinajstić information content (AvgIpc) is 2.95. The summed E-state index contributed by atoms with van der Waals surface area (Å²) in [5.74, 6) is 0.00691. The number of nitrogens with zero attached hydrogens (tertiary/aromatic N) is 1. The van der Waals surface area contributed by atoms with Crippen molar-refractivity contribution in [3.63, 3.8) is 0 Å². The number of carbonyl (C=O) groups is 2. The molecule has 0 spiro atoms. The number of piperidine rings is 1. The molecule has 1 aromatic carbocycles. The number of aromatic nitrogens is 1. The van der Waals surface area contributed by atoms with E-state index in [4.69, 9.17) is 4.74 Å². The summed E-state index contributed by atoms with van der Waals surface area (Å²) in [5, 5.41) is 0.992. The Hall–Kier alpha value is -2.14. The van der Waals surface area contributed by atoms with E-state index >= 15 is 0 Å². The van der Waals surface area contributed by atoms with Gasteiger partial charge < -0.3 is 9.72 Å². The van der Waals surface area contributed by atoms with Gasteiger partial charge in [0.2, 0.25) is 0 Å². The van der Waals surface area contributed by atoms with Gasteiger partial charge in [-0.2, -0.15) is 0 Å². The molecule has 0 aliphatic carbocycles. The molecule has 2 aromatic rings. The zero-order valence-corrected chi connectivity index (χ0v) is 16.1. The minimum absolute atomic E-state index is 0.0358. The van der Waals surface area contributed by atoms with E-state index in [0.717, 1.165) is 48.1 Å². The number of aryl methyl sites for hydroxylation is 2. The number of carbonyl (C=O) groups excluding carboxylic acids is 2. The molecule has 1 fully saturated rings. The number of ether oxygens (including phenoxy) is 1. The second kappa shape index (κ2) is 7.62. The minimum Gasteiger partial charge on any atom is -0.466 e.